The van der Waals surface area contributed by atoms with Crippen molar-refractivity contribution in [1.82, 2.24) is 9.80 Å². The smallest absolute Gasteiger partial charge is 0.222 e. The first kappa shape index (κ1) is 16.5. The van der Waals surface area contributed by atoms with E-state index < -0.39 is 0 Å². The van der Waals surface area contributed by atoms with E-state index in [0.29, 0.717) is 6.42 Å². The summed E-state index contributed by atoms with van der Waals surface area (Å²) in [5, 5.41) is 0. The summed E-state index contributed by atoms with van der Waals surface area (Å²) < 4.78 is 0. The second-order valence-corrected chi connectivity index (χ2v) is 6.34. The van der Waals surface area contributed by atoms with Gasteiger partial charge in [-0.15, -0.1) is 0 Å². The third-order valence-corrected chi connectivity index (χ3v) is 4.64. The number of carbonyl (C=O) groups excluding carboxylic acids is 1. The van der Waals surface area contributed by atoms with Crippen molar-refractivity contribution in [1.29, 1.82) is 0 Å². The number of hydrogen-bond acceptors (Lipinski definition) is 3. The van der Waals surface area contributed by atoms with E-state index in [1.165, 1.54) is 5.56 Å². The molecular formula is C20H25N3O. The third-order valence-electron chi connectivity index (χ3n) is 4.64. The Kier molecular flexibility index (Phi) is 5.49. The average molecular weight is 323 g/mol. The molecule has 0 unspecified atom stereocenters. The van der Waals surface area contributed by atoms with Crippen LogP contribution in [0, 0.1) is 0 Å². The van der Waals surface area contributed by atoms with E-state index in [1.54, 1.807) is 0 Å². The normalized spacial score (nSPS) is 15.4. The summed E-state index contributed by atoms with van der Waals surface area (Å²) in [6, 6.07) is 18.3. The molecule has 2 aromatic carbocycles. The molecule has 24 heavy (non-hydrogen) atoms. The molecule has 0 aliphatic carbocycles. The van der Waals surface area contributed by atoms with E-state index in [-0.39, 0.29) is 5.91 Å². The first-order valence-corrected chi connectivity index (χ1v) is 8.60. The van der Waals surface area contributed by atoms with Gasteiger partial charge in [0.05, 0.1) is 0 Å². The minimum absolute atomic E-state index is 0.234. The number of anilines is 1. The molecule has 1 fully saturated rings. The SMILES string of the molecule is Nc1ccccc1CCC(=O)N1CCN(Cc2ccccc2)CC1. The topological polar surface area (TPSA) is 49.6 Å². The molecule has 1 aliphatic rings. The van der Waals surface area contributed by atoms with Gasteiger partial charge in [-0.2, -0.15) is 0 Å². The average Bonchev–Trinajstić information content (AvgIpc) is 2.62. The lowest BCUT2D eigenvalue weighted by molar-refractivity contribution is -0.132. The molecule has 0 bridgehead atoms. The maximum Gasteiger partial charge on any atom is 0.222 e. The largest absolute Gasteiger partial charge is 0.399 e. The van der Waals surface area contributed by atoms with Gasteiger partial charge < -0.3 is 10.6 Å². The summed E-state index contributed by atoms with van der Waals surface area (Å²) in [7, 11) is 0. The van der Waals surface area contributed by atoms with Crippen molar-refractivity contribution in [3.05, 3.63) is 65.7 Å². The molecule has 1 aliphatic heterocycles. The number of nitrogen functional groups attached to an aromatic ring is 1. The standard InChI is InChI=1S/C20H25N3O/c21-19-9-5-4-8-18(19)10-11-20(24)23-14-12-22(13-15-23)16-17-6-2-1-3-7-17/h1-9H,10-16,21H2. The maximum absolute atomic E-state index is 12.4. The van der Waals surface area contributed by atoms with Crippen LogP contribution in [0.4, 0.5) is 5.69 Å². The number of para-hydroxylation sites is 1. The molecule has 1 saturated heterocycles. The predicted octanol–water partition coefficient (Wildman–Crippen LogP) is 2.55. The van der Waals surface area contributed by atoms with Crippen LogP contribution in [0.1, 0.15) is 17.5 Å². The molecule has 0 radical (unpaired) electrons. The molecule has 3 rings (SSSR count). The number of benzene rings is 2. The zero-order valence-corrected chi connectivity index (χ0v) is 14.0. The Balaban J connectivity index is 1.44. The summed E-state index contributed by atoms with van der Waals surface area (Å²) in [4.78, 5) is 16.8. The van der Waals surface area contributed by atoms with E-state index in [2.05, 4.69) is 29.2 Å². The van der Waals surface area contributed by atoms with Gasteiger partial charge in [0.15, 0.2) is 0 Å². The zero-order chi connectivity index (χ0) is 16.8. The summed E-state index contributed by atoms with van der Waals surface area (Å²) in [5.41, 5.74) is 9.11. The lowest BCUT2D eigenvalue weighted by Gasteiger charge is -2.34. The van der Waals surface area contributed by atoms with Gasteiger partial charge in [0.1, 0.15) is 0 Å². The number of nitrogens with zero attached hydrogens (tertiary/aromatic N) is 2. The quantitative estimate of drug-likeness (QED) is 0.860. The van der Waals surface area contributed by atoms with Crippen LogP contribution in [0.5, 0.6) is 0 Å². The maximum atomic E-state index is 12.4. The number of nitrogens with two attached hydrogens (primary N) is 1. The minimum Gasteiger partial charge on any atom is -0.399 e. The summed E-state index contributed by atoms with van der Waals surface area (Å²) >= 11 is 0. The Morgan fingerprint density at radius 2 is 1.58 bits per heavy atom. The number of aryl methyl sites for hydroxylation is 1. The van der Waals surface area contributed by atoms with E-state index in [0.717, 1.165) is 50.4 Å². The van der Waals surface area contributed by atoms with Gasteiger partial charge in [0, 0.05) is 44.8 Å². The second-order valence-electron chi connectivity index (χ2n) is 6.34. The highest BCUT2D eigenvalue weighted by Gasteiger charge is 2.20. The molecule has 0 aromatic heterocycles. The summed E-state index contributed by atoms with van der Waals surface area (Å²) in [6.07, 6.45) is 1.25. The zero-order valence-electron chi connectivity index (χ0n) is 14.0. The number of piperazine rings is 1. The molecule has 1 heterocycles. The van der Waals surface area contributed by atoms with Gasteiger partial charge in [0.25, 0.3) is 0 Å². The van der Waals surface area contributed by atoms with Crippen molar-refractivity contribution in [2.24, 2.45) is 0 Å². The Hall–Kier alpha value is -2.33. The van der Waals surface area contributed by atoms with Crippen LogP contribution in [0.2, 0.25) is 0 Å². The molecule has 4 heteroatoms. The van der Waals surface area contributed by atoms with Gasteiger partial charge in [-0.05, 0) is 23.6 Å². The van der Waals surface area contributed by atoms with Crippen molar-refractivity contribution < 1.29 is 4.79 Å². The van der Waals surface area contributed by atoms with Crippen LogP contribution < -0.4 is 5.73 Å². The molecular weight excluding hydrogens is 298 g/mol. The fourth-order valence-electron chi connectivity index (χ4n) is 3.16. The van der Waals surface area contributed by atoms with Crippen molar-refractivity contribution in [3.63, 3.8) is 0 Å². The van der Waals surface area contributed by atoms with Crippen LogP contribution in [0.15, 0.2) is 54.6 Å². The van der Waals surface area contributed by atoms with Gasteiger partial charge in [-0.25, -0.2) is 0 Å². The van der Waals surface area contributed by atoms with E-state index in [1.807, 2.05) is 35.2 Å². The monoisotopic (exact) mass is 323 g/mol. The lowest BCUT2D eigenvalue weighted by atomic mass is 10.1. The van der Waals surface area contributed by atoms with Crippen LogP contribution in [0.25, 0.3) is 0 Å². The Morgan fingerprint density at radius 1 is 0.917 bits per heavy atom. The third kappa shape index (κ3) is 4.36. The van der Waals surface area contributed by atoms with E-state index in [9.17, 15) is 4.79 Å². The van der Waals surface area contributed by atoms with Crippen molar-refractivity contribution in [2.45, 2.75) is 19.4 Å². The molecule has 126 valence electrons. The molecule has 2 N–H and O–H groups in total. The first-order valence-electron chi connectivity index (χ1n) is 8.60. The molecule has 0 atom stereocenters. The summed E-state index contributed by atoms with van der Waals surface area (Å²) in [6.45, 7) is 4.47. The van der Waals surface area contributed by atoms with Gasteiger partial charge in [-0.1, -0.05) is 48.5 Å². The molecule has 2 aromatic rings. The van der Waals surface area contributed by atoms with Crippen molar-refractivity contribution in [2.75, 3.05) is 31.9 Å². The highest BCUT2D eigenvalue weighted by molar-refractivity contribution is 5.76. The van der Waals surface area contributed by atoms with Crippen LogP contribution in [-0.4, -0.2) is 41.9 Å². The number of amides is 1. The van der Waals surface area contributed by atoms with E-state index in [4.69, 9.17) is 5.73 Å². The lowest BCUT2D eigenvalue weighted by Crippen LogP contribution is -2.48. The fourth-order valence-corrected chi connectivity index (χ4v) is 3.16. The van der Waals surface area contributed by atoms with Crippen LogP contribution in [0.3, 0.4) is 0 Å². The molecule has 4 nitrogen and oxygen atoms in total. The summed E-state index contributed by atoms with van der Waals surface area (Å²) in [5.74, 6) is 0.234. The van der Waals surface area contributed by atoms with Crippen molar-refractivity contribution >= 4 is 11.6 Å². The molecule has 0 spiro atoms. The number of hydrogen-bond donors (Lipinski definition) is 1. The predicted molar refractivity (Wildman–Crippen MR) is 97.5 cm³/mol. The highest BCUT2D eigenvalue weighted by Crippen LogP contribution is 2.14. The highest BCUT2D eigenvalue weighted by atomic mass is 16.2. The Bertz CT molecular complexity index is 664. The van der Waals surface area contributed by atoms with Crippen LogP contribution in [-0.2, 0) is 17.8 Å². The number of carbonyl (C=O) groups is 1. The van der Waals surface area contributed by atoms with Gasteiger partial charge in [0.2, 0.25) is 5.91 Å². The fraction of sp³-hybridized carbons (Fsp3) is 0.350. The van der Waals surface area contributed by atoms with Crippen molar-refractivity contribution in [3.8, 4) is 0 Å². The van der Waals surface area contributed by atoms with Gasteiger partial charge in [-0.3, -0.25) is 9.69 Å². The van der Waals surface area contributed by atoms with E-state index >= 15 is 0 Å². The number of rotatable bonds is 5. The van der Waals surface area contributed by atoms with Gasteiger partial charge >= 0.3 is 0 Å². The Labute approximate surface area is 143 Å². The molecule has 1 amide bonds. The molecule has 0 saturated carbocycles. The minimum atomic E-state index is 0.234. The van der Waals surface area contributed by atoms with Crippen LogP contribution >= 0.6 is 0 Å². The first-order chi connectivity index (χ1) is 11.7. The second kappa shape index (κ2) is 7.97. The Morgan fingerprint density at radius 3 is 2.29 bits per heavy atom.